The zero-order valence-corrected chi connectivity index (χ0v) is 10.2. The van der Waals surface area contributed by atoms with Crippen LogP contribution in [-0.2, 0) is 0 Å². The Labute approximate surface area is 93.1 Å². The second-order valence-electron chi connectivity index (χ2n) is 4.34. The second kappa shape index (κ2) is 5.86. The first kappa shape index (κ1) is 12.2. The standard InChI is InChI=1S/C13H22N2/c1-5-10(2)11(3)15-12(4)13-6-8-14-9-7-13/h6-12,15H,5H2,1-4H3/t10?,11?,12-/m0/s1. The van der Waals surface area contributed by atoms with Gasteiger partial charge in [-0.2, -0.15) is 0 Å². The summed E-state index contributed by atoms with van der Waals surface area (Å²) in [7, 11) is 0. The second-order valence-corrected chi connectivity index (χ2v) is 4.34. The van der Waals surface area contributed by atoms with Gasteiger partial charge in [0.15, 0.2) is 0 Å². The Kier molecular flexibility index (Phi) is 4.76. The van der Waals surface area contributed by atoms with Crippen LogP contribution >= 0.6 is 0 Å². The highest BCUT2D eigenvalue weighted by Gasteiger charge is 2.13. The van der Waals surface area contributed by atoms with Gasteiger partial charge in [-0.3, -0.25) is 4.98 Å². The Hall–Kier alpha value is -0.890. The molecule has 84 valence electrons. The first-order chi connectivity index (χ1) is 7.15. The van der Waals surface area contributed by atoms with Gasteiger partial charge in [-0.25, -0.2) is 0 Å². The fourth-order valence-corrected chi connectivity index (χ4v) is 1.66. The monoisotopic (exact) mass is 206 g/mol. The van der Waals surface area contributed by atoms with Crippen LogP contribution in [0.5, 0.6) is 0 Å². The molecular formula is C13H22N2. The van der Waals surface area contributed by atoms with Crippen LogP contribution in [0.4, 0.5) is 0 Å². The van der Waals surface area contributed by atoms with Crippen molar-refractivity contribution in [3.63, 3.8) is 0 Å². The topological polar surface area (TPSA) is 24.9 Å². The van der Waals surface area contributed by atoms with Crippen molar-refractivity contribution in [1.82, 2.24) is 10.3 Å². The van der Waals surface area contributed by atoms with E-state index in [9.17, 15) is 0 Å². The van der Waals surface area contributed by atoms with Crippen LogP contribution in [0.1, 0.15) is 45.7 Å². The van der Waals surface area contributed by atoms with Gasteiger partial charge in [-0.05, 0) is 37.5 Å². The van der Waals surface area contributed by atoms with E-state index in [1.807, 2.05) is 12.4 Å². The lowest BCUT2D eigenvalue weighted by Gasteiger charge is -2.24. The molecule has 0 aliphatic heterocycles. The van der Waals surface area contributed by atoms with Crippen molar-refractivity contribution in [2.24, 2.45) is 5.92 Å². The van der Waals surface area contributed by atoms with Crippen LogP contribution in [0.25, 0.3) is 0 Å². The van der Waals surface area contributed by atoms with Crippen molar-refractivity contribution in [2.45, 2.75) is 46.2 Å². The van der Waals surface area contributed by atoms with Crippen molar-refractivity contribution in [3.8, 4) is 0 Å². The average Bonchev–Trinajstić information content (AvgIpc) is 2.29. The summed E-state index contributed by atoms with van der Waals surface area (Å²) < 4.78 is 0. The molecule has 1 aromatic rings. The van der Waals surface area contributed by atoms with Crippen LogP contribution in [-0.4, -0.2) is 11.0 Å². The van der Waals surface area contributed by atoms with E-state index in [4.69, 9.17) is 0 Å². The summed E-state index contributed by atoms with van der Waals surface area (Å²) in [4.78, 5) is 4.03. The van der Waals surface area contributed by atoms with Crippen molar-refractivity contribution in [1.29, 1.82) is 0 Å². The summed E-state index contributed by atoms with van der Waals surface area (Å²) >= 11 is 0. The molecule has 0 saturated carbocycles. The summed E-state index contributed by atoms with van der Waals surface area (Å²) in [5.74, 6) is 0.717. The first-order valence-corrected chi connectivity index (χ1v) is 5.81. The predicted molar refractivity (Wildman–Crippen MR) is 64.7 cm³/mol. The van der Waals surface area contributed by atoms with Gasteiger partial charge in [0.1, 0.15) is 0 Å². The molecule has 0 radical (unpaired) electrons. The van der Waals surface area contributed by atoms with E-state index >= 15 is 0 Å². The molecule has 15 heavy (non-hydrogen) atoms. The van der Waals surface area contributed by atoms with Crippen molar-refractivity contribution in [2.75, 3.05) is 0 Å². The minimum Gasteiger partial charge on any atom is -0.307 e. The van der Waals surface area contributed by atoms with E-state index in [-0.39, 0.29) is 0 Å². The fraction of sp³-hybridized carbons (Fsp3) is 0.615. The van der Waals surface area contributed by atoms with Crippen molar-refractivity contribution >= 4 is 0 Å². The predicted octanol–water partition coefficient (Wildman–Crippen LogP) is 3.17. The smallest absolute Gasteiger partial charge is 0.0295 e. The molecular weight excluding hydrogens is 184 g/mol. The summed E-state index contributed by atoms with van der Waals surface area (Å²) in [5, 5.41) is 3.62. The zero-order chi connectivity index (χ0) is 11.3. The Morgan fingerprint density at radius 2 is 1.80 bits per heavy atom. The van der Waals surface area contributed by atoms with Gasteiger partial charge >= 0.3 is 0 Å². The minimum atomic E-state index is 0.400. The number of pyridine rings is 1. The Bertz CT molecular complexity index is 271. The molecule has 2 unspecified atom stereocenters. The lowest BCUT2D eigenvalue weighted by atomic mass is 9.99. The van der Waals surface area contributed by atoms with Crippen LogP contribution in [0, 0.1) is 5.92 Å². The molecule has 0 spiro atoms. The highest BCUT2D eigenvalue weighted by Crippen LogP contribution is 2.15. The zero-order valence-electron chi connectivity index (χ0n) is 10.2. The number of nitrogens with one attached hydrogen (secondary N) is 1. The van der Waals surface area contributed by atoms with Gasteiger partial charge in [0, 0.05) is 24.5 Å². The molecule has 2 heteroatoms. The highest BCUT2D eigenvalue weighted by atomic mass is 14.9. The lowest BCUT2D eigenvalue weighted by molar-refractivity contribution is 0.360. The molecule has 1 aromatic heterocycles. The summed E-state index contributed by atoms with van der Waals surface area (Å²) in [6.45, 7) is 8.98. The molecule has 2 nitrogen and oxygen atoms in total. The van der Waals surface area contributed by atoms with E-state index in [2.05, 4.69) is 50.1 Å². The highest BCUT2D eigenvalue weighted by molar-refractivity contribution is 5.14. The first-order valence-electron chi connectivity index (χ1n) is 5.81. The van der Waals surface area contributed by atoms with Crippen LogP contribution < -0.4 is 5.32 Å². The van der Waals surface area contributed by atoms with Gasteiger partial charge in [-0.1, -0.05) is 20.3 Å². The minimum absolute atomic E-state index is 0.400. The lowest BCUT2D eigenvalue weighted by Crippen LogP contribution is -2.33. The maximum Gasteiger partial charge on any atom is 0.0295 e. The van der Waals surface area contributed by atoms with Gasteiger partial charge in [-0.15, -0.1) is 0 Å². The normalized spacial score (nSPS) is 17.1. The SMILES string of the molecule is CCC(C)C(C)N[C@@H](C)c1ccncc1. The quantitative estimate of drug-likeness (QED) is 0.800. The Balaban J connectivity index is 2.52. The number of rotatable bonds is 5. The number of hydrogen-bond acceptors (Lipinski definition) is 2. The molecule has 0 fully saturated rings. The van der Waals surface area contributed by atoms with E-state index in [0.29, 0.717) is 18.0 Å². The number of nitrogens with zero attached hydrogens (tertiary/aromatic N) is 1. The Morgan fingerprint density at radius 1 is 1.20 bits per heavy atom. The van der Waals surface area contributed by atoms with Crippen LogP contribution in [0.3, 0.4) is 0 Å². The van der Waals surface area contributed by atoms with Gasteiger partial charge in [0.2, 0.25) is 0 Å². The van der Waals surface area contributed by atoms with Gasteiger partial charge in [0.05, 0.1) is 0 Å². The third kappa shape index (κ3) is 3.63. The number of aromatic nitrogens is 1. The van der Waals surface area contributed by atoms with Gasteiger partial charge < -0.3 is 5.32 Å². The fourth-order valence-electron chi connectivity index (χ4n) is 1.66. The molecule has 0 aromatic carbocycles. The molecule has 1 rings (SSSR count). The van der Waals surface area contributed by atoms with Crippen molar-refractivity contribution < 1.29 is 0 Å². The van der Waals surface area contributed by atoms with Crippen LogP contribution in [0.2, 0.25) is 0 Å². The largest absolute Gasteiger partial charge is 0.307 e. The van der Waals surface area contributed by atoms with E-state index in [1.54, 1.807) is 0 Å². The summed E-state index contributed by atoms with van der Waals surface area (Å²) in [5.41, 5.74) is 1.31. The molecule has 0 bridgehead atoms. The molecule has 0 saturated heterocycles. The van der Waals surface area contributed by atoms with Crippen LogP contribution in [0.15, 0.2) is 24.5 Å². The molecule has 1 heterocycles. The van der Waals surface area contributed by atoms with E-state index in [0.717, 1.165) is 0 Å². The van der Waals surface area contributed by atoms with E-state index < -0.39 is 0 Å². The maximum absolute atomic E-state index is 4.03. The summed E-state index contributed by atoms with van der Waals surface area (Å²) in [6, 6.07) is 5.09. The van der Waals surface area contributed by atoms with Crippen molar-refractivity contribution in [3.05, 3.63) is 30.1 Å². The molecule has 3 atom stereocenters. The molecule has 1 N–H and O–H groups in total. The van der Waals surface area contributed by atoms with E-state index in [1.165, 1.54) is 12.0 Å². The number of hydrogen-bond donors (Lipinski definition) is 1. The molecule has 0 amide bonds. The Morgan fingerprint density at radius 3 is 2.33 bits per heavy atom. The molecule has 0 aliphatic carbocycles. The van der Waals surface area contributed by atoms with Gasteiger partial charge in [0.25, 0.3) is 0 Å². The third-order valence-corrected chi connectivity index (χ3v) is 3.22. The maximum atomic E-state index is 4.03. The average molecular weight is 206 g/mol. The molecule has 0 aliphatic rings. The third-order valence-electron chi connectivity index (χ3n) is 3.22. The summed E-state index contributed by atoms with van der Waals surface area (Å²) in [6.07, 6.45) is 4.92.